The first kappa shape index (κ1) is 57.2. The lowest BCUT2D eigenvalue weighted by Crippen LogP contribution is -2.67. The Kier molecular flexibility index (Phi) is 17.2. The van der Waals surface area contributed by atoms with Crippen LogP contribution in [0.3, 0.4) is 0 Å². The number of rotatable bonds is 12. The molecule has 13 N–H and O–H groups in total. The Morgan fingerprint density at radius 2 is 1.12 bits per heavy atom. The van der Waals surface area contributed by atoms with Crippen molar-refractivity contribution >= 4 is 5.78 Å². The number of carbonyl (C=O) groups is 1. The van der Waals surface area contributed by atoms with Crippen molar-refractivity contribution in [3.8, 4) is 0 Å². The molecule has 8 fully saturated rings. The summed E-state index contributed by atoms with van der Waals surface area (Å²) in [6, 6.07) is 0. The van der Waals surface area contributed by atoms with Crippen LogP contribution < -0.4 is 0 Å². The number of ether oxygens (including phenoxy) is 10. The molecule has 24 heteroatoms. The van der Waals surface area contributed by atoms with Crippen LogP contribution >= 0.6 is 0 Å². The van der Waals surface area contributed by atoms with Gasteiger partial charge in [-0.1, -0.05) is 25.5 Å². The van der Waals surface area contributed by atoms with Crippen LogP contribution in [0.1, 0.15) is 86.5 Å². The molecule has 5 saturated heterocycles. The zero-order valence-electron chi connectivity index (χ0n) is 42.6. The third-order valence-electron chi connectivity index (χ3n) is 18.6. The Balaban J connectivity index is 0.966. The number of aliphatic hydroxyl groups is 13. The van der Waals surface area contributed by atoms with Gasteiger partial charge in [0.25, 0.3) is 0 Å². The number of Topliss-reactive ketones (excluding diaryl/α,β-unsaturated/α-hetero) is 1. The molecule has 32 atom stereocenters. The molecule has 5 heterocycles. The van der Waals surface area contributed by atoms with Crippen molar-refractivity contribution in [2.45, 2.75) is 246 Å². The average molecular weight is 1070 g/mol. The summed E-state index contributed by atoms with van der Waals surface area (Å²) in [6.07, 6.45) is -33.5. The summed E-state index contributed by atoms with van der Waals surface area (Å²) < 4.78 is 60.8. The maximum Gasteiger partial charge on any atom is 0.187 e. The zero-order valence-corrected chi connectivity index (χ0v) is 42.6. The van der Waals surface area contributed by atoms with Crippen LogP contribution in [0, 0.1) is 34.5 Å². The summed E-state index contributed by atoms with van der Waals surface area (Å²) in [5.41, 5.74) is 0.717. The van der Waals surface area contributed by atoms with Crippen LogP contribution in [0.25, 0.3) is 0 Å². The standard InChI is InChI=1S/C50H80O24/c1-17(52)23-7-8-24-22-14-27(26-13-21(53)9-11-50(26,6)25(22)10-12-49(23,24)5)69-46-40(64)41(32(56)20(4)68-46)72-47-42(73-44-38(62)35(59)30(54)18(2)66-44)34(58)29(16-65-47)71-48-43(37(61)33(57)28(15-51)70-48)74-45-39(63)36(60)31(55)19(3)67-45/h10,18-24,26-48,51,53-64H,7-9,11-16H2,1-6H3. The molecule has 0 aromatic rings. The quantitative estimate of drug-likeness (QED) is 0.0838. The van der Waals surface area contributed by atoms with E-state index in [2.05, 4.69) is 19.9 Å². The molecule has 0 spiro atoms. The molecule has 0 aromatic heterocycles. The molecule has 0 radical (unpaired) electrons. The Hall–Kier alpha value is -1.51. The van der Waals surface area contributed by atoms with E-state index in [1.807, 2.05) is 0 Å². The van der Waals surface area contributed by atoms with Crippen molar-refractivity contribution in [1.29, 1.82) is 0 Å². The van der Waals surface area contributed by atoms with Crippen LogP contribution in [0.2, 0.25) is 0 Å². The molecule has 0 aromatic carbocycles. The summed E-state index contributed by atoms with van der Waals surface area (Å²) in [7, 11) is 0. The minimum Gasteiger partial charge on any atom is -0.394 e. The number of aliphatic hydroxyl groups excluding tert-OH is 13. The number of hydrogen-bond donors (Lipinski definition) is 13. The highest BCUT2D eigenvalue weighted by atomic mass is 16.8. The average Bonchev–Trinajstić information content (AvgIpc) is 3.73. The number of fused-ring (bicyclic) bond motifs is 5. The highest BCUT2D eigenvalue weighted by Gasteiger charge is 2.62. The molecule has 0 amide bonds. The van der Waals surface area contributed by atoms with Gasteiger partial charge in [-0.25, -0.2) is 0 Å². The van der Waals surface area contributed by atoms with E-state index >= 15 is 0 Å². The Labute approximate surface area is 429 Å². The first-order chi connectivity index (χ1) is 34.9. The monoisotopic (exact) mass is 1060 g/mol. The van der Waals surface area contributed by atoms with Gasteiger partial charge in [-0.3, -0.25) is 4.79 Å². The van der Waals surface area contributed by atoms with Crippen LogP contribution in [-0.2, 0) is 52.2 Å². The predicted octanol–water partition coefficient (Wildman–Crippen LogP) is -3.67. The normalized spacial score (nSPS) is 55.9. The van der Waals surface area contributed by atoms with Crippen LogP contribution in [0.15, 0.2) is 11.6 Å². The van der Waals surface area contributed by atoms with Gasteiger partial charge in [-0.05, 0) is 101 Å². The van der Waals surface area contributed by atoms with Crippen molar-refractivity contribution in [1.82, 2.24) is 0 Å². The van der Waals surface area contributed by atoms with Gasteiger partial charge in [0, 0.05) is 5.92 Å². The molecule has 424 valence electrons. The van der Waals surface area contributed by atoms with E-state index in [-0.39, 0.29) is 40.3 Å². The van der Waals surface area contributed by atoms with Crippen LogP contribution in [0.5, 0.6) is 0 Å². The van der Waals surface area contributed by atoms with Gasteiger partial charge in [-0.2, -0.15) is 0 Å². The fraction of sp³-hybridized carbons (Fsp3) is 0.940. The lowest BCUT2D eigenvalue weighted by atomic mass is 9.48. The Morgan fingerprint density at radius 1 is 0.568 bits per heavy atom. The fourth-order valence-electron chi connectivity index (χ4n) is 14.1. The van der Waals surface area contributed by atoms with E-state index in [1.165, 1.54) is 19.4 Å². The van der Waals surface area contributed by atoms with Crippen LogP contribution in [-0.4, -0.2) is 245 Å². The summed E-state index contributed by atoms with van der Waals surface area (Å²) in [4.78, 5) is 12.9. The lowest BCUT2D eigenvalue weighted by molar-refractivity contribution is -0.398. The molecular weight excluding hydrogens is 985 g/mol. The van der Waals surface area contributed by atoms with E-state index in [0.29, 0.717) is 25.7 Å². The molecule has 4 aliphatic carbocycles. The molecule has 9 rings (SSSR count). The van der Waals surface area contributed by atoms with Crippen molar-refractivity contribution in [2.24, 2.45) is 34.5 Å². The van der Waals surface area contributed by atoms with Gasteiger partial charge >= 0.3 is 0 Å². The number of carbonyl (C=O) groups excluding carboxylic acids is 1. The minimum atomic E-state index is -1.92. The Bertz CT molecular complexity index is 1970. The van der Waals surface area contributed by atoms with Crippen molar-refractivity contribution in [3.05, 3.63) is 11.6 Å². The molecule has 0 bridgehead atoms. The van der Waals surface area contributed by atoms with E-state index < -0.39 is 173 Å². The van der Waals surface area contributed by atoms with Crippen molar-refractivity contribution in [2.75, 3.05) is 13.2 Å². The number of ketones is 1. The molecule has 32 unspecified atom stereocenters. The van der Waals surface area contributed by atoms with Crippen molar-refractivity contribution < 1.29 is 119 Å². The summed E-state index contributed by atoms with van der Waals surface area (Å²) in [6.45, 7) is 8.97. The second kappa shape index (κ2) is 22.2. The fourth-order valence-corrected chi connectivity index (χ4v) is 14.1. The first-order valence-electron chi connectivity index (χ1n) is 26.4. The summed E-state index contributed by atoms with van der Waals surface area (Å²) in [5.74, 6) is 0.166. The largest absolute Gasteiger partial charge is 0.394 e. The summed E-state index contributed by atoms with van der Waals surface area (Å²) >= 11 is 0. The third-order valence-corrected chi connectivity index (χ3v) is 18.6. The molecule has 5 aliphatic heterocycles. The van der Waals surface area contributed by atoms with E-state index in [0.717, 1.165) is 19.3 Å². The van der Waals surface area contributed by atoms with Crippen molar-refractivity contribution in [3.63, 3.8) is 0 Å². The smallest absolute Gasteiger partial charge is 0.187 e. The van der Waals surface area contributed by atoms with Gasteiger partial charge in [0.1, 0.15) is 103 Å². The van der Waals surface area contributed by atoms with Gasteiger partial charge < -0.3 is 114 Å². The van der Waals surface area contributed by atoms with E-state index in [9.17, 15) is 71.2 Å². The third kappa shape index (κ3) is 10.2. The highest BCUT2D eigenvalue weighted by molar-refractivity contribution is 5.79. The molecule has 9 aliphatic rings. The van der Waals surface area contributed by atoms with Gasteiger partial charge in [0.15, 0.2) is 31.5 Å². The molecular formula is C50H80O24. The second-order valence-electron chi connectivity index (χ2n) is 23.1. The predicted molar refractivity (Wildman–Crippen MR) is 246 cm³/mol. The maximum atomic E-state index is 12.9. The number of allylic oxidation sites excluding steroid dienone is 2. The second-order valence-corrected chi connectivity index (χ2v) is 23.1. The lowest BCUT2D eigenvalue weighted by Gasteiger charge is -2.59. The molecule has 74 heavy (non-hydrogen) atoms. The molecule has 3 saturated carbocycles. The minimum absolute atomic E-state index is 0.0572. The first-order valence-corrected chi connectivity index (χ1v) is 26.4. The molecule has 24 nitrogen and oxygen atoms in total. The van der Waals surface area contributed by atoms with E-state index in [1.54, 1.807) is 13.8 Å². The van der Waals surface area contributed by atoms with Gasteiger partial charge in [0.2, 0.25) is 0 Å². The van der Waals surface area contributed by atoms with Gasteiger partial charge in [-0.15, -0.1) is 0 Å². The summed E-state index contributed by atoms with van der Waals surface area (Å²) in [5, 5.41) is 143. The number of hydrogen-bond acceptors (Lipinski definition) is 24. The highest BCUT2D eigenvalue weighted by Crippen LogP contribution is 2.66. The SMILES string of the molecule is CC(=O)C1CCC2C3CC(OC4OC(C)C(O)C(OC5OCC(OC6OC(CO)C(O)C(O)C6OC6OC(C)C(O)C(O)C6O)C(O)C5OC5OC(C)C(O)C(O)C5O)C4O)C4CC(O)CCC4(C)C3=CCC12C. The Morgan fingerprint density at radius 3 is 1.72 bits per heavy atom. The van der Waals surface area contributed by atoms with Crippen LogP contribution in [0.4, 0.5) is 0 Å². The van der Waals surface area contributed by atoms with E-state index in [4.69, 9.17) is 47.4 Å². The zero-order chi connectivity index (χ0) is 53.6. The maximum absolute atomic E-state index is 12.9. The topological polar surface area (TPSA) is 372 Å². The van der Waals surface area contributed by atoms with Gasteiger partial charge in [0.05, 0.1) is 43.7 Å².